The van der Waals surface area contributed by atoms with E-state index in [1.807, 2.05) is 0 Å². The van der Waals surface area contributed by atoms with Crippen LogP contribution in [0, 0.1) is 11.8 Å². The average Bonchev–Trinajstić information content (AvgIpc) is 2.26. The monoisotopic (exact) mass is 198 g/mol. The highest BCUT2D eigenvalue weighted by Gasteiger charge is 2.12. The molecule has 0 aromatic carbocycles. The van der Waals surface area contributed by atoms with Gasteiger partial charge in [-0.05, 0) is 50.9 Å². The molecule has 0 saturated carbocycles. The molecule has 1 saturated heterocycles. The fourth-order valence-corrected chi connectivity index (χ4v) is 2.15. The van der Waals surface area contributed by atoms with Crippen molar-refractivity contribution in [2.45, 2.75) is 39.5 Å². The van der Waals surface area contributed by atoms with Gasteiger partial charge in [-0.3, -0.25) is 0 Å². The Morgan fingerprint density at radius 2 is 1.86 bits per heavy atom. The minimum absolute atomic E-state index is 0.886. The second-order valence-electron chi connectivity index (χ2n) is 4.53. The van der Waals surface area contributed by atoms with Crippen LogP contribution in [0.2, 0.25) is 0 Å². The Morgan fingerprint density at radius 1 is 1.21 bits per heavy atom. The summed E-state index contributed by atoms with van der Waals surface area (Å²) < 4.78 is 0. The lowest BCUT2D eigenvalue weighted by atomic mass is 9.97. The molecule has 1 aliphatic heterocycles. The molecule has 2 nitrogen and oxygen atoms in total. The molecule has 1 rings (SSSR count). The standard InChI is InChI=1S/C12H26N2/c1-3-11(4-2)9-14-10-12-5-7-13-8-6-12/h11-14H,3-10H2,1-2H3. The van der Waals surface area contributed by atoms with Crippen molar-refractivity contribution >= 4 is 0 Å². The molecule has 0 aromatic rings. The summed E-state index contributed by atoms with van der Waals surface area (Å²) in [7, 11) is 0. The van der Waals surface area contributed by atoms with Crippen LogP contribution in [0.4, 0.5) is 0 Å². The van der Waals surface area contributed by atoms with Gasteiger partial charge in [-0.1, -0.05) is 26.7 Å². The lowest BCUT2D eigenvalue weighted by Gasteiger charge is -2.23. The number of nitrogens with one attached hydrogen (secondary N) is 2. The predicted octanol–water partition coefficient (Wildman–Crippen LogP) is 2.01. The van der Waals surface area contributed by atoms with E-state index in [1.165, 1.54) is 51.9 Å². The Labute approximate surface area is 88.8 Å². The highest BCUT2D eigenvalue weighted by atomic mass is 14.9. The Balaban J connectivity index is 2.01. The summed E-state index contributed by atoms with van der Waals surface area (Å²) in [5, 5.41) is 7.04. The average molecular weight is 198 g/mol. The normalized spacial score (nSPS) is 19.1. The summed E-state index contributed by atoms with van der Waals surface area (Å²) >= 11 is 0. The van der Waals surface area contributed by atoms with Crippen molar-refractivity contribution in [3.05, 3.63) is 0 Å². The van der Waals surface area contributed by atoms with Gasteiger partial charge in [-0.15, -0.1) is 0 Å². The zero-order valence-electron chi connectivity index (χ0n) is 9.81. The zero-order chi connectivity index (χ0) is 10.2. The van der Waals surface area contributed by atoms with Crippen molar-refractivity contribution < 1.29 is 0 Å². The van der Waals surface area contributed by atoms with Gasteiger partial charge in [-0.25, -0.2) is 0 Å². The van der Waals surface area contributed by atoms with E-state index in [2.05, 4.69) is 24.5 Å². The van der Waals surface area contributed by atoms with Gasteiger partial charge in [-0.2, -0.15) is 0 Å². The zero-order valence-corrected chi connectivity index (χ0v) is 9.81. The van der Waals surface area contributed by atoms with E-state index in [0.29, 0.717) is 0 Å². The number of hydrogen-bond acceptors (Lipinski definition) is 2. The predicted molar refractivity (Wildman–Crippen MR) is 62.5 cm³/mol. The SMILES string of the molecule is CCC(CC)CNCC1CCNCC1. The number of piperidine rings is 1. The molecule has 84 valence electrons. The van der Waals surface area contributed by atoms with Crippen LogP contribution in [0.1, 0.15) is 39.5 Å². The van der Waals surface area contributed by atoms with Crippen LogP contribution in [0.25, 0.3) is 0 Å². The van der Waals surface area contributed by atoms with E-state index in [4.69, 9.17) is 0 Å². The van der Waals surface area contributed by atoms with Crippen molar-refractivity contribution in [3.63, 3.8) is 0 Å². The molecule has 2 N–H and O–H groups in total. The molecule has 1 aliphatic rings. The fraction of sp³-hybridized carbons (Fsp3) is 1.00. The summed E-state index contributed by atoms with van der Waals surface area (Å²) in [4.78, 5) is 0. The minimum atomic E-state index is 0.886. The van der Waals surface area contributed by atoms with Gasteiger partial charge in [0, 0.05) is 0 Å². The van der Waals surface area contributed by atoms with Gasteiger partial charge < -0.3 is 10.6 Å². The van der Waals surface area contributed by atoms with Crippen molar-refractivity contribution in [2.24, 2.45) is 11.8 Å². The second kappa shape index (κ2) is 7.24. The third-order valence-corrected chi connectivity index (χ3v) is 3.48. The first-order valence-electron chi connectivity index (χ1n) is 6.28. The second-order valence-corrected chi connectivity index (χ2v) is 4.53. The van der Waals surface area contributed by atoms with Crippen molar-refractivity contribution in [1.29, 1.82) is 0 Å². The molecule has 14 heavy (non-hydrogen) atoms. The van der Waals surface area contributed by atoms with Crippen LogP contribution in [0.15, 0.2) is 0 Å². The van der Waals surface area contributed by atoms with Crippen LogP contribution in [0.3, 0.4) is 0 Å². The van der Waals surface area contributed by atoms with E-state index < -0.39 is 0 Å². The summed E-state index contributed by atoms with van der Waals surface area (Å²) in [6.45, 7) is 9.48. The van der Waals surface area contributed by atoms with Gasteiger partial charge in [0.05, 0.1) is 0 Å². The topological polar surface area (TPSA) is 24.1 Å². The maximum atomic E-state index is 3.63. The van der Waals surface area contributed by atoms with Crippen LogP contribution in [-0.2, 0) is 0 Å². The number of rotatable bonds is 6. The van der Waals surface area contributed by atoms with E-state index >= 15 is 0 Å². The molecule has 0 bridgehead atoms. The van der Waals surface area contributed by atoms with Crippen LogP contribution < -0.4 is 10.6 Å². The Hall–Kier alpha value is -0.0800. The summed E-state index contributed by atoms with van der Waals surface area (Å²) in [5.41, 5.74) is 0. The van der Waals surface area contributed by atoms with Crippen molar-refractivity contribution in [2.75, 3.05) is 26.2 Å². The van der Waals surface area contributed by atoms with Crippen LogP contribution in [0.5, 0.6) is 0 Å². The third-order valence-electron chi connectivity index (χ3n) is 3.48. The molecule has 0 aliphatic carbocycles. The first kappa shape index (κ1) is 12.0. The molecule has 0 radical (unpaired) electrons. The summed E-state index contributed by atoms with van der Waals surface area (Å²) in [6, 6.07) is 0. The molecule has 2 heteroatoms. The van der Waals surface area contributed by atoms with Crippen molar-refractivity contribution in [3.8, 4) is 0 Å². The smallest absolute Gasteiger partial charge is 0.00195 e. The third kappa shape index (κ3) is 4.43. The van der Waals surface area contributed by atoms with Gasteiger partial charge in [0.1, 0.15) is 0 Å². The molecule has 1 fully saturated rings. The molecule has 0 amide bonds. The maximum Gasteiger partial charge on any atom is -0.00195 e. The number of hydrogen-bond donors (Lipinski definition) is 2. The molecule has 0 aromatic heterocycles. The highest BCUT2D eigenvalue weighted by Crippen LogP contribution is 2.11. The van der Waals surface area contributed by atoms with Gasteiger partial charge in [0.2, 0.25) is 0 Å². The lowest BCUT2D eigenvalue weighted by molar-refractivity contribution is 0.341. The summed E-state index contributed by atoms with van der Waals surface area (Å²) in [5.74, 6) is 1.81. The molecule has 0 spiro atoms. The summed E-state index contributed by atoms with van der Waals surface area (Å²) in [6.07, 6.45) is 5.34. The maximum absolute atomic E-state index is 3.63. The Bertz CT molecular complexity index is 126. The first-order chi connectivity index (χ1) is 6.86. The lowest BCUT2D eigenvalue weighted by Crippen LogP contribution is -2.35. The van der Waals surface area contributed by atoms with E-state index in [1.54, 1.807) is 0 Å². The fourth-order valence-electron chi connectivity index (χ4n) is 2.15. The van der Waals surface area contributed by atoms with Gasteiger partial charge >= 0.3 is 0 Å². The van der Waals surface area contributed by atoms with E-state index in [9.17, 15) is 0 Å². The quantitative estimate of drug-likeness (QED) is 0.682. The minimum Gasteiger partial charge on any atom is -0.317 e. The Morgan fingerprint density at radius 3 is 2.43 bits per heavy atom. The Kier molecular flexibility index (Phi) is 6.20. The van der Waals surface area contributed by atoms with Gasteiger partial charge in [0.15, 0.2) is 0 Å². The van der Waals surface area contributed by atoms with Crippen molar-refractivity contribution in [1.82, 2.24) is 10.6 Å². The first-order valence-corrected chi connectivity index (χ1v) is 6.28. The molecular formula is C12H26N2. The molecule has 0 unspecified atom stereocenters. The van der Waals surface area contributed by atoms with Gasteiger partial charge in [0.25, 0.3) is 0 Å². The van der Waals surface area contributed by atoms with Crippen LogP contribution in [-0.4, -0.2) is 26.2 Å². The highest BCUT2D eigenvalue weighted by molar-refractivity contribution is 4.71. The van der Waals surface area contributed by atoms with E-state index in [-0.39, 0.29) is 0 Å². The largest absolute Gasteiger partial charge is 0.317 e. The van der Waals surface area contributed by atoms with E-state index in [0.717, 1.165) is 11.8 Å². The molecule has 1 heterocycles. The molecule has 0 atom stereocenters. The molecular weight excluding hydrogens is 172 g/mol. The van der Waals surface area contributed by atoms with Crippen LogP contribution >= 0.6 is 0 Å².